The third-order valence-electron chi connectivity index (χ3n) is 7.99. The number of hydrogen-bond acceptors (Lipinski definition) is 7. The summed E-state index contributed by atoms with van der Waals surface area (Å²) in [5.74, 6) is 0.249. The number of carboxylic acid groups (broad SMARTS) is 1. The number of carbonyl (C=O) groups is 3. The Hall–Kier alpha value is -5.03. The van der Waals surface area contributed by atoms with Crippen molar-refractivity contribution in [2.75, 3.05) is 20.7 Å². The van der Waals surface area contributed by atoms with Crippen molar-refractivity contribution in [2.24, 2.45) is 0 Å². The van der Waals surface area contributed by atoms with Crippen LogP contribution in [0.25, 0.3) is 10.8 Å². The van der Waals surface area contributed by atoms with Gasteiger partial charge in [-0.2, -0.15) is 4.98 Å². The number of aryl methyl sites for hydroxylation is 1. The predicted molar refractivity (Wildman–Crippen MR) is 179 cm³/mol. The Balaban J connectivity index is 1.58. The van der Waals surface area contributed by atoms with Gasteiger partial charge in [0.1, 0.15) is 12.6 Å². The first-order chi connectivity index (χ1) is 22.4. The van der Waals surface area contributed by atoms with Crippen LogP contribution in [0.3, 0.4) is 0 Å². The molecule has 1 heterocycles. The number of amides is 3. The van der Waals surface area contributed by atoms with Crippen molar-refractivity contribution in [1.82, 2.24) is 25.3 Å². The highest BCUT2D eigenvalue weighted by Gasteiger charge is 2.32. The molecule has 0 radical (unpaired) electrons. The number of nitrogens with zero attached hydrogens (tertiary/aromatic N) is 4. The molecule has 11 heteroatoms. The molecule has 0 aliphatic heterocycles. The van der Waals surface area contributed by atoms with Gasteiger partial charge in [-0.15, -0.1) is 0 Å². The summed E-state index contributed by atoms with van der Waals surface area (Å²) in [7, 11) is 3.35. The van der Waals surface area contributed by atoms with Crippen molar-refractivity contribution in [3.05, 3.63) is 108 Å². The van der Waals surface area contributed by atoms with Crippen LogP contribution in [0, 0.1) is 6.92 Å². The van der Waals surface area contributed by atoms with Gasteiger partial charge in [-0.25, -0.2) is 4.79 Å². The summed E-state index contributed by atoms with van der Waals surface area (Å²) in [4.78, 5) is 46.4. The van der Waals surface area contributed by atoms with Crippen molar-refractivity contribution in [3.63, 3.8) is 0 Å². The van der Waals surface area contributed by atoms with Gasteiger partial charge in [-0.05, 0) is 61.6 Å². The van der Waals surface area contributed by atoms with Crippen LogP contribution in [0.2, 0.25) is 0 Å². The minimum atomic E-state index is -1.14. The average molecular weight is 642 g/mol. The molecule has 4 rings (SSSR count). The highest BCUT2D eigenvalue weighted by atomic mass is 16.5. The molecular weight excluding hydrogens is 598 g/mol. The lowest BCUT2D eigenvalue weighted by Gasteiger charge is -2.35. The van der Waals surface area contributed by atoms with E-state index in [1.165, 1.54) is 11.0 Å². The van der Waals surface area contributed by atoms with Gasteiger partial charge in [-0.3, -0.25) is 9.59 Å². The molecule has 0 bridgehead atoms. The number of likely N-dealkylation sites (N-methyl/N-ethyl adjacent to an activating group) is 2. The summed E-state index contributed by atoms with van der Waals surface area (Å²) in [5.41, 5.74) is 1.17. The van der Waals surface area contributed by atoms with E-state index in [9.17, 15) is 14.4 Å². The molecule has 47 heavy (non-hydrogen) atoms. The van der Waals surface area contributed by atoms with Gasteiger partial charge in [0.05, 0.1) is 12.6 Å². The molecule has 0 saturated carbocycles. The number of fused-ring (bicyclic) bond motifs is 1. The molecule has 0 spiro atoms. The van der Waals surface area contributed by atoms with Crippen LogP contribution in [0.4, 0.5) is 4.79 Å². The van der Waals surface area contributed by atoms with E-state index < -0.39 is 17.7 Å². The van der Waals surface area contributed by atoms with E-state index in [4.69, 9.17) is 14.4 Å². The van der Waals surface area contributed by atoms with E-state index in [0.29, 0.717) is 18.1 Å². The number of nitrogens with one attached hydrogen (secondary N) is 1. The second-order valence-corrected chi connectivity index (χ2v) is 12.3. The molecule has 3 aromatic carbocycles. The highest BCUT2D eigenvalue weighted by Crippen LogP contribution is 2.20. The maximum atomic E-state index is 14.4. The van der Waals surface area contributed by atoms with Gasteiger partial charge in [0.2, 0.25) is 11.8 Å². The summed E-state index contributed by atoms with van der Waals surface area (Å²) >= 11 is 0. The quantitative estimate of drug-likeness (QED) is 0.169. The lowest BCUT2D eigenvalue weighted by atomic mass is 9.98. The Labute approximate surface area is 275 Å². The lowest BCUT2D eigenvalue weighted by molar-refractivity contribution is -0.144. The molecule has 11 nitrogen and oxygen atoms in total. The molecule has 1 aromatic heterocycles. The third kappa shape index (κ3) is 10.2. The molecule has 0 saturated heterocycles. The zero-order chi connectivity index (χ0) is 34.0. The molecule has 3 amide bonds. The smallest absolute Gasteiger partial charge is 0.405 e. The normalized spacial score (nSPS) is 13.0. The molecule has 248 valence electrons. The predicted octanol–water partition coefficient (Wildman–Crippen LogP) is 5.18. The zero-order valence-electron chi connectivity index (χ0n) is 27.6. The Morgan fingerprint density at radius 2 is 1.66 bits per heavy atom. The Bertz CT molecular complexity index is 1690. The first-order valence-corrected chi connectivity index (χ1v) is 15.5. The molecule has 0 unspecified atom stereocenters. The SMILES string of the molecule is Cc1noc(COC[C@@H](Cc2ccccc2)N(C)C(=O)[C@@H](Cc2ccc3ccccc3c2)N(C)C(=O)/C=C/CC(C)(C)NC(=O)O)n1. The summed E-state index contributed by atoms with van der Waals surface area (Å²) in [6, 6.07) is 22.7. The van der Waals surface area contributed by atoms with Gasteiger partial charge in [0, 0.05) is 26.1 Å². The van der Waals surface area contributed by atoms with Gasteiger partial charge in [0.15, 0.2) is 5.82 Å². The maximum Gasteiger partial charge on any atom is 0.405 e. The van der Waals surface area contributed by atoms with Crippen molar-refractivity contribution in [1.29, 1.82) is 0 Å². The van der Waals surface area contributed by atoms with Gasteiger partial charge in [-0.1, -0.05) is 84.0 Å². The Morgan fingerprint density at radius 3 is 2.34 bits per heavy atom. The lowest BCUT2D eigenvalue weighted by Crippen LogP contribution is -2.53. The summed E-state index contributed by atoms with van der Waals surface area (Å²) in [5, 5.41) is 17.5. The number of hydrogen-bond donors (Lipinski definition) is 2. The zero-order valence-corrected chi connectivity index (χ0v) is 27.6. The van der Waals surface area contributed by atoms with E-state index in [1.807, 2.05) is 72.8 Å². The van der Waals surface area contributed by atoms with Crippen LogP contribution in [0.15, 0.2) is 89.5 Å². The first kappa shape index (κ1) is 34.8. The summed E-state index contributed by atoms with van der Waals surface area (Å²) < 4.78 is 11.2. The fourth-order valence-electron chi connectivity index (χ4n) is 5.33. The Kier molecular flexibility index (Phi) is 11.9. The van der Waals surface area contributed by atoms with Crippen LogP contribution in [-0.4, -0.2) is 81.3 Å². The van der Waals surface area contributed by atoms with Gasteiger partial charge >= 0.3 is 6.09 Å². The number of rotatable bonds is 15. The summed E-state index contributed by atoms with van der Waals surface area (Å²) in [6.45, 7) is 5.49. The number of benzene rings is 3. The van der Waals surface area contributed by atoms with E-state index >= 15 is 0 Å². The molecule has 0 aliphatic rings. The van der Waals surface area contributed by atoms with Crippen molar-refractivity contribution >= 4 is 28.7 Å². The minimum Gasteiger partial charge on any atom is -0.465 e. The molecule has 2 atom stereocenters. The molecular formula is C36H43N5O6. The largest absolute Gasteiger partial charge is 0.465 e. The summed E-state index contributed by atoms with van der Waals surface area (Å²) in [6.07, 6.45) is 2.98. The third-order valence-corrected chi connectivity index (χ3v) is 7.99. The maximum absolute atomic E-state index is 14.4. The Morgan fingerprint density at radius 1 is 0.957 bits per heavy atom. The van der Waals surface area contributed by atoms with E-state index in [2.05, 4.69) is 15.5 Å². The van der Waals surface area contributed by atoms with E-state index in [1.54, 1.807) is 45.8 Å². The molecule has 4 aromatic rings. The number of ether oxygens (including phenoxy) is 1. The molecule has 2 N–H and O–H groups in total. The molecule has 0 aliphatic carbocycles. The van der Waals surface area contributed by atoms with Crippen LogP contribution >= 0.6 is 0 Å². The monoisotopic (exact) mass is 641 g/mol. The number of carbonyl (C=O) groups excluding carboxylic acids is 2. The number of aromatic nitrogens is 2. The second kappa shape index (κ2) is 16.0. The topological polar surface area (TPSA) is 138 Å². The van der Waals surface area contributed by atoms with Crippen molar-refractivity contribution in [2.45, 2.75) is 64.3 Å². The fraction of sp³-hybridized carbons (Fsp3) is 0.361. The van der Waals surface area contributed by atoms with Crippen LogP contribution < -0.4 is 5.32 Å². The first-order valence-electron chi connectivity index (χ1n) is 15.5. The minimum absolute atomic E-state index is 0.102. The van der Waals surface area contributed by atoms with Gasteiger partial charge in [0.25, 0.3) is 5.89 Å². The van der Waals surface area contributed by atoms with E-state index in [-0.39, 0.29) is 43.9 Å². The van der Waals surface area contributed by atoms with E-state index in [0.717, 1.165) is 21.9 Å². The van der Waals surface area contributed by atoms with Crippen molar-refractivity contribution < 1.29 is 28.8 Å². The fourth-order valence-corrected chi connectivity index (χ4v) is 5.33. The standard InChI is InChI=1S/C36H43N5O6/c1-25-37-32(47-39-25)24-46-23-30(21-26-12-7-6-8-13-26)40(4)34(43)31(22-27-17-18-28-14-9-10-15-29(28)20-27)41(5)33(42)16-11-19-36(2,3)38-35(44)45/h6-18,20,30-31,38H,19,21-24H2,1-5H3,(H,44,45)/b16-11+/t30-,31-/m1/s1. The highest BCUT2D eigenvalue weighted by molar-refractivity contribution is 5.93. The molecule has 0 fully saturated rings. The van der Waals surface area contributed by atoms with Crippen molar-refractivity contribution in [3.8, 4) is 0 Å². The van der Waals surface area contributed by atoms with Gasteiger partial charge < -0.3 is 29.5 Å². The second-order valence-electron chi connectivity index (χ2n) is 12.3. The van der Waals surface area contributed by atoms with Crippen LogP contribution in [-0.2, 0) is 33.8 Å². The average Bonchev–Trinajstić information content (AvgIpc) is 3.46. The van der Waals surface area contributed by atoms with Crippen LogP contribution in [0.5, 0.6) is 0 Å². The van der Waals surface area contributed by atoms with Crippen LogP contribution in [0.1, 0.15) is 43.1 Å².